The highest BCUT2D eigenvalue weighted by Gasteiger charge is 2.19. The summed E-state index contributed by atoms with van der Waals surface area (Å²) in [5.74, 6) is 2.16. The molecule has 0 aliphatic rings. The lowest BCUT2D eigenvalue weighted by Crippen LogP contribution is -2.01. The van der Waals surface area contributed by atoms with E-state index in [1.165, 1.54) is 0 Å². The highest BCUT2D eigenvalue weighted by molar-refractivity contribution is 7.98. The first-order valence-corrected chi connectivity index (χ1v) is 10.5. The van der Waals surface area contributed by atoms with Gasteiger partial charge >= 0.3 is 0 Å². The molecule has 30 heavy (non-hydrogen) atoms. The van der Waals surface area contributed by atoms with E-state index in [1.54, 1.807) is 18.9 Å². The van der Waals surface area contributed by atoms with Gasteiger partial charge < -0.3 is 4.74 Å². The summed E-state index contributed by atoms with van der Waals surface area (Å²) in [5, 5.41) is 18.9. The van der Waals surface area contributed by atoms with Gasteiger partial charge in [-0.05, 0) is 54.4 Å². The van der Waals surface area contributed by atoms with Gasteiger partial charge in [0.1, 0.15) is 5.75 Å². The standard InChI is InChI=1S/C24H20N4OS/c1-17-7-5-10-20(13-17)28-23(21-11-3-4-12-22(21)29-2)26-27-24(28)30-16-19-9-6-8-18(14-19)15-25/h3-14H,16H2,1-2H3. The molecule has 0 aliphatic carbocycles. The van der Waals surface area contributed by atoms with Crippen LogP contribution in [0.25, 0.3) is 17.1 Å². The van der Waals surface area contributed by atoms with Crippen molar-refractivity contribution in [2.75, 3.05) is 7.11 Å². The normalized spacial score (nSPS) is 10.6. The van der Waals surface area contributed by atoms with E-state index < -0.39 is 0 Å². The van der Waals surface area contributed by atoms with Gasteiger partial charge in [0.25, 0.3) is 0 Å². The second-order valence-corrected chi connectivity index (χ2v) is 7.72. The van der Waals surface area contributed by atoms with E-state index in [0.29, 0.717) is 11.3 Å². The molecule has 4 rings (SSSR count). The Hall–Kier alpha value is -3.56. The number of para-hydroxylation sites is 1. The van der Waals surface area contributed by atoms with Crippen LogP contribution in [0.3, 0.4) is 0 Å². The number of benzene rings is 3. The number of nitriles is 1. The molecule has 0 radical (unpaired) electrons. The minimum absolute atomic E-state index is 0.656. The number of thioether (sulfide) groups is 1. The van der Waals surface area contributed by atoms with Crippen LogP contribution in [0.1, 0.15) is 16.7 Å². The minimum atomic E-state index is 0.656. The molecule has 0 N–H and O–H groups in total. The van der Waals surface area contributed by atoms with Crippen LogP contribution < -0.4 is 4.74 Å². The van der Waals surface area contributed by atoms with Gasteiger partial charge in [0.05, 0.1) is 24.3 Å². The van der Waals surface area contributed by atoms with E-state index in [2.05, 4.69) is 46.0 Å². The Balaban J connectivity index is 1.77. The molecule has 0 fully saturated rings. The maximum Gasteiger partial charge on any atom is 0.196 e. The van der Waals surface area contributed by atoms with Crippen LogP contribution in [0.2, 0.25) is 0 Å². The summed E-state index contributed by atoms with van der Waals surface area (Å²) in [6, 6.07) is 25.9. The Kier molecular flexibility index (Phi) is 5.82. The number of hydrogen-bond acceptors (Lipinski definition) is 5. The highest BCUT2D eigenvalue weighted by atomic mass is 32.2. The summed E-state index contributed by atoms with van der Waals surface area (Å²) in [7, 11) is 1.66. The summed E-state index contributed by atoms with van der Waals surface area (Å²) in [6.07, 6.45) is 0. The zero-order chi connectivity index (χ0) is 20.9. The Morgan fingerprint density at radius 3 is 2.63 bits per heavy atom. The van der Waals surface area contributed by atoms with E-state index in [-0.39, 0.29) is 0 Å². The molecule has 0 atom stereocenters. The fourth-order valence-corrected chi connectivity index (χ4v) is 4.14. The van der Waals surface area contributed by atoms with Crippen LogP contribution in [0, 0.1) is 18.3 Å². The lowest BCUT2D eigenvalue weighted by molar-refractivity contribution is 0.416. The number of methoxy groups -OCH3 is 1. The predicted molar refractivity (Wildman–Crippen MR) is 119 cm³/mol. The molecule has 1 heterocycles. The minimum Gasteiger partial charge on any atom is -0.496 e. The smallest absolute Gasteiger partial charge is 0.196 e. The molecule has 4 aromatic rings. The molecule has 0 unspecified atom stereocenters. The summed E-state index contributed by atoms with van der Waals surface area (Å²) in [6.45, 7) is 2.07. The quantitative estimate of drug-likeness (QED) is 0.396. The fraction of sp³-hybridized carbons (Fsp3) is 0.125. The van der Waals surface area contributed by atoms with Crippen LogP contribution >= 0.6 is 11.8 Å². The Bertz CT molecular complexity index is 1230. The molecule has 1 aromatic heterocycles. The summed E-state index contributed by atoms with van der Waals surface area (Å²) in [5.41, 5.74) is 4.76. The van der Waals surface area contributed by atoms with Gasteiger partial charge in [0.15, 0.2) is 11.0 Å². The summed E-state index contributed by atoms with van der Waals surface area (Å²) >= 11 is 1.59. The monoisotopic (exact) mass is 412 g/mol. The topological polar surface area (TPSA) is 63.7 Å². The van der Waals surface area contributed by atoms with Gasteiger partial charge in [-0.15, -0.1) is 10.2 Å². The lowest BCUT2D eigenvalue weighted by atomic mass is 10.1. The molecule has 0 saturated carbocycles. The Morgan fingerprint density at radius 1 is 1.00 bits per heavy atom. The first kappa shape index (κ1) is 19.7. The van der Waals surface area contributed by atoms with E-state index in [0.717, 1.165) is 39.1 Å². The van der Waals surface area contributed by atoms with Crippen molar-refractivity contribution in [2.24, 2.45) is 0 Å². The van der Waals surface area contributed by atoms with Crippen molar-refractivity contribution < 1.29 is 4.74 Å². The number of rotatable bonds is 6. The van der Waals surface area contributed by atoms with Gasteiger partial charge in [-0.3, -0.25) is 4.57 Å². The molecule has 148 valence electrons. The fourth-order valence-electron chi connectivity index (χ4n) is 3.25. The van der Waals surface area contributed by atoms with Gasteiger partial charge in [0.2, 0.25) is 0 Å². The zero-order valence-electron chi connectivity index (χ0n) is 16.7. The van der Waals surface area contributed by atoms with Gasteiger partial charge in [-0.25, -0.2) is 0 Å². The van der Waals surface area contributed by atoms with Crippen molar-refractivity contribution in [1.82, 2.24) is 14.8 Å². The molecule has 0 amide bonds. The Morgan fingerprint density at radius 2 is 1.83 bits per heavy atom. The van der Waals surface area contributed by atoms with Crippen molar-refractivity contribution in [3.05, 3.63) is 89.5 Å². The second-order valence-electron chi connectivity index (χ2n) is 6.78. The van der Waals surface area contributed by atoms with Crippen LogP contribution in [0.5, 0.6) is 5.75 Å². The second kappa shape index (κ2) is 8.85. The predicted octanol–water partition coefficient (Wildman–Crippen LogP) is 5.42. The first-order chi connectivity index (χ1) is 14.7. The van der Waals surface area contributed by atoms with Crippen LogP contribution in [-0.4, -0.2) is 21.9 Å². The van der Waals surface area contributed by atoms with E-state index in [1.807, 2.05) is 54.6 Å². The molecule has 5 nitrogen and oxygen atoms in total. The van der Waals surface area contributed by atoms with Crippen molar-refractivity contribution >= 4 is 11.8 Å². The molecular weight excluding hydrogens is 392 g/mol. The van der Waals surface area contributed by atoms with E-state index in [9.17, 15) is 0 Å². The van der Waals surface area contributed by atoms with Crippen molar-refractivity contribution in [2.45, 2.75) is 17.8 Å². The molecular formula is C24H20N4OS. The highest BCUT2D eigenvalue weighted by Crippen LogP contribution is 2.34. The number of aromatic nitrogens is 3. The number of aryl methyl sites for hydroxylation is 1. The largest absolute Gasteiger partial charge is 0.496 e. The Labute approximate surface area is 180 Å². The van der Waals surface area contributed by atoms with Crippen LogP contribution in [-0.2, 0) is 5.75 Å². The average Bonchev–Trinajstić information content (AvgIpc) is 3.21. The average molecular weight is 413 g/mol. The molecule has 0 aliphatic heterocycles. The van der Waals surface area contributed by atoms with Crippen molar-refractivity contribution in [1.29, 1.82) is 5.26 Å². The number of nitrogens with zero attached hydrogens (tertiary/aromatic N) is 4. The van der Waals surface area contributed by atoms with Crippen LogP contribution in [0.15, 0.2) is 78.0 Å². The summed E-state index contributed by atoms with van der Waals surface area (Å²) in [4.78, 5) is 0. The van der Waals surface area contributed by atoms with Crippen molar-refractivity contribution in [3.8, 4) is 28.9 Å². The molecule has 3 aromatic carbocycles. The van der Waals surface area contributed by atoms with E-state index in [4.69, 9.17) is 10.00 Å². The third-order valence-electron chi connectivity index (χ3n) is 4.67. The number of ether oxygens (including phenoxy) is 1. The maximum absolute atomic E-state index is 9.15. The molecule has 0 bridgehead atoms. The summed E-state index contributed by atoms with van der Waals surface area (Å²) < 4.78 is 7.62. The molecule has 0 saturated heterocycles. The zero-order valence-corrected chi connectivity index (χ0v) is 17.6. The van der Waals surface area contributed by atoms with Gasteiger partial charge in [0, 0.05) is 11.4 Å². The van der Waals surface area contributed by atoms with Crippen molar-refractivity contribution in [3.63, 3.8) is 0 Å². The van der Waals surface area contributed by atoms with Gasteiger partial charge in [-0.2, -0.15) is 5.26 Å². The van der Waals surface area contributed by atoms with Gasteiger partial charge in [-0.1, -0.05) is 48.2 Å². The first-order valence-electron chi connectivity index (χ1n) is 9.47. The third-order valence-corrected chi connectivity index (χ3v) is 5.67. The number of hydrogen-bond donors (Lipinski definition) is 0. The van der Waals surface area contributed by atoms with Crippen LogP contribution in [0.4, 0.5) is 0 Å². The maximum atomic E-state index is 9.15. The third kappa shape index (κ3) is 4.07. The van der Waals surface area contributed by atoms with E-state index >= 15 is 0 Å². The molecule has 6 heteroatoms. The lowest BCUT2D eigenvalue weighted by Gasteiger charge is -2.13. The SMILES string of the molecule is COc1ccccc1-c1nnc(SCc2cccc(C#N)c2)n1-c1cccc(C)c1. The molecule has 0 spiro atoms.